The first-order chi connectivity index (χ1) is 26.2. The highest BCUT2D eigenvalue weighted by molar-refractivity contribution is 6.12. The predicted molar refractivity (Wildman–Crippen MR) is 221 cm³/mol. The normalized spacial score (nSPS) is 11.2. The Morgan fingerprint density at radius 2 is 0.811 bits per heavy atom. The van der Waals surface area contributed by atoms with E-state index in [1.54, 1.807) is 12.4 Å². The minimum Gasteiger partial charge on any atom is -0.310 e. The molecule has 0 saturated heterocycles. The lowest BCUT2D eigenvalue weighted by Gasteiger charge is -2.26. The lowest BCUT2D eigenvalue weighted by molar-refractivity contribution is 1.12. The summed E-state index contributed by atoms with van der Waals surface area (Å²) in [6, 6.07) is 62.3. The Kier molecular flexibility index (Phi) is 8.22. The molecule has 0 spiro atoms. The van der Waals surface area contributed by atoms with E-state index in [1.807, 2.05) is 6.07 Å². The first kappa shape index (κ1) is 32.0. The van der Waals surface area contributed by atoms with Crippen molar-refractivity contribution in [1.82, 2.24) is 14.5 Å². The van der Waals surface area contributed by atoms with Gasteiger partial charge in [0.05, 0.1) is 11.0 Å². The summed E-state index contributed by atoms with van der Waals surface area (Å²) in [5.74, 6) is 0.736. The van der Waals surface area contributed by atoms with Crippen LogP contribution < -0.4 is 9.80 Å². The van der Waals surface area contributed by atoms with E-state index >= 15 is 0 Å². The lowest BCUT2D eigenvalue weighted by atomic mass is 10.0. The molecule has 0 radical (unpaired) electrons. The molecule has 5 heteroatoms. The Balaban J connectivity index is 1.31. The van der Waals surface area contributed by atoms with Crippen molar-refractivity contribution < 1.29 is 0 Å². The monoisotopic (exact) mass is 683 g/mol. The molecule has 254 valence electrons. The van der Waals surface area contributed by atoms with Gasteiger partial charge in [0.2, 0.25) is 0 Å². The second kappa shape index (κ2) is 13.6. The molecule has 0 atom stereocenters. The van der Waals surface area contributed by atoms with Gasteiger partial charge in [-0.2, -0.15) is 0 Å². The van der Waals surface area contributed by atoms with E-state index in [9.17, 15) is 0 Å². The minimum atomic E-state index is 0.736. The Hall–Kier alpha value is -6.98. The molecule has 2 aromatic heterocycles. The molecule has 0 saturated carbocycles. The fourth-order valence-corrected chi connectivity index (χ4v) is 7.47. The highest BCUT2D eigenvalue weighted by atomic mass is 15.1. The zero-order valence-electron chi connectivity index (χ0n) is 29.6. The number of anilines is 6. The molecule has 0 aliphatic carbocycles. The fraction of sp³-hybridized carbons (Fsp3) is 0.0417. The molecule has 2 heterocycles. The Labute approximate surface area is 309 Å². The first-order valence-corrected chi connectivity index (χ1v) is 17.9. The van der Waals surface area contributed by atoms with Crippen molar-refractivity contribution in [3.63, 3.8) is 0 Å². The average Bonchev–Trinajstić information content (AvgIpc) is 3.54. The third kappa shape index (κ3) is 5.78. The summed E-state index contributed by atoms with van der Waals surface area (Å²) in [7, 11) is 0. The molecule has 53 heavy (non-hydrogen) atoms. The highest BCUT2D eigenvalue weighted by Crippen LogP contribution is 2.43. The van der Waals surface area contributed by atoms with Crippen molar-refractivity contribution in [2.75, 3.05) is 9.80 Å². The van der Waals surface area contributed by atoms with Crippen LogP contribution in [0.5, 0.6) is 0 Å². The molecule has 0 fully saturated rings. The molecular weight excluding hydrogens is 647 g/mol. The smallest absolute Gasteiger partial charge is 0.159 e. The fourth-order valence-electron chi connectivity index (χ4n) is 7.47. The Morgan fingerprint density at radius 3 is 1.23 bits per heavy atom. The number of aromatic nitrogens is 3. The maximum absolute atomic E-state index is 4.57. The summed E-state index contributed by atoms with van der Waals surface area (Å²) in [5.41, 5.74) is 13.4. The van der Waals surface area contributed by atoms with Crippen molar-refractivity contribution in [3.05, 3.63) is 199 Å². The molecule has 0 unspecified atom stereocenters. The standard InChI is InChI=1S/C48H37N5/c1-34-35(2)45(29-26-42(34)48-49-30-15-31-50-48)53-46-27-24-40(51(36-16-7-3-8-17-36)37-18-9-4-10-19-37)32-43(46)44-33-41(25-28-47(44)53)52(38-20-11-5-12-21-38)39-22-13-6-14-23-39/h3-33H,1-2H3. The van der Waals surface area contributed by atoms with Gasteiger partial charge in [0.25, 0.3) is 0 Å². The van der Waals surface area contributed by atoms with E-state index in [2.05, 4.69) is 208 Å². The van der Waals surface area contributed by atoms with Crippen molar-refractivity contribution in [2.45, 2.75) is 13.8 Å². The summed E-state index contributed by atoms with van der Waals surface area (Å²) in [5, 5.41) is 2.34. The van der Waals surface area contributed by atoms with Gasteiger partial charge in [0, 0.05) is 68.5 Å². The van der Waals surface area contributed by atoms with Crippen LogP contribution in [0.25, 0.3) is 38.9 Å². The van der Waals surface area contributed by atoms with Crippen molar-refractivity contribution in [2.24, 2.45) is 0 Å². The molecular formula is C48H37N5. The SMILES string of the molecule is Cc1c(-c2ncccn2)ccc(-n2c3ccc(N(c4ccccc4)c4ccccc4)cc3c3cc(N(c4ccccc4)c4ccccc4)ccc32)c1C. The second-order valence-corrected chi connectivity index (χ2v) is 13.2. The molecule has 0 aliphatic rings. The molecule has 0 bridgehead atoms. The summed E-state index contributed by atoms with van der Waals surface area (Å²) >= 11 is 0. The van der Waals surface area contributed by atoms with Crippen LogP contribution in [0.15, 0.2) is 188 Å². The number of para-hydroxylation sites is 4. The third-order valence-corrected chi connectivity index (χ3v) is 10.1. The summed E-state index contributed by atoms with van der Waals surface area (Å²) in [6.07, 6.45) is 3.60. The van der Waals surface area contributed by atoms with Crippen LogP contribution in [0.3, 0.4) is 0 Å². The molecule has 0 amide bonds. The second-order valence-electron chi connectivity index (χ2n) is 13.2. The van der Waals surface area contributed by atoms with E-state index in [0.29, 0.717) is 0 Å². The quantitative estimate of drug-likeness (QED) is 0.160. The van der Waals surface area contributed by atoms with Crippen molar-refractivity contribution in [1.29, 1.82) is 0 Å². The Bertz CT molecular complexity index is 2450. The minimum absolute atomic E-state index is 0.736. The lowest BCUT2D eigenvalue weighted by Crippen LogP contribution is -2.09. The van der Waals surface area contributed by atoms with Gasteiger partial charge in [-0.25, -0.2) is 9.97 Å². The zero-order valence-corrected chi connectivity index (χ0v) is 29.6. The topological polar surface area (TPSA) is 37.2 Å². The Morgan fingerprint density at radius 1 is 0.396 bits per heavy atom. The summed E-state index contributed by atoms with van der Waals surface area (Å²) in [6.45, 7) is 4.38. The number of benzene rings is 7. The van der Waals surface area contributed by atoms with Crippen molar-refractivity contribution in [3.8, 4) is 17.1 Å². The number of hydrogen-bond donors (Lipinski definition) is 0. The number of nitrogens with zero attached hydrogens (tertiary/aromatic N) is 5. The van der Waals surface area contributed by atoms with Gasteiger partial charge in [0.1, 0.15) is 0 Å². The number of fused-ring (bicyclic) bond motifs is 3. The third-order valence-electron chi connectivity index (χ3n) is 10.1. The van der Waals surface area contributed by atoms with E-state index in [4.69, 9.17) is 0 Å². The van der Waals surface area contributed by atoms with Crippen LogP contribution in [-0.4, -0.2) is 14.5 Å². The van der Waals surface area contributed by atoms with E-state index in [1.165, 1.54) is 16.3 Å². The maximum Gasteiger partial charge on any atom is 0.159 e. The number of hydrogen-bond acceptors (Lipinski definition) is 4. The zero-order chi connectivity index (χ0) is 35.7. The largest absolute Gasteiger partial charge is 0.310 e. The van der Waals surface area contributed by atoms with Crippen LogP contribution in [0.2, 0.25) is 0 Å². The molecule has 0 aliphatic heterocycles. The van der Waals surface area contributed by atoms with Gasteiger partial charge in [-0.05, 0) is 128 Å². The van der Waals surface area contributed by atoms with Gasteiger partial charge in [-0.3, -0.25) is 0 Å². The van der Waals surface area contributed by atoms with Crippen LogP contribution in [-0.2, 0) is 0 Å². The van der Waals surface area contributed by atoms with Crippen LogP contribution in [0.4, 0.5) is 34.1 Å². The van der Waals surface area contributed by atoms with Gasteiger partial charge in [0.15, 0.2) is 5.82 Å². The first-order valence-electron chi connectivity index (χ1n) is 17.9. The van der Waals surface area contributed by atoms with Crippen LogP contribution in [0, 0.1) is 13.8 Å². The van der Waals surface area contributed by atoms with Gasteiger partial charge < -0.3 is 14.4 Å². The highest BCUT2D eigenvalue weighted by Gasteiger charge is 2.21. The molecule has 0 N–H and O–H groups in total. The van der Waals surface area contributed by atoms with Crippen molar-refractivity contribution >= 4 is 55.9 Å². The molecule has 9 aromatic rings. The molecule has 7 aromatic carbocycles. The molecule has 5 nitrogen and oxygen atoms in total. The van der Waals surface area contributed by atoms with Crippen LogP contribution >= 0.6 is 0 Å². The maximum atomic E-state index is 4.57. The van der Waals surface area contributed by atoms with Gasteiger partial charge >= 0.3 is 0 Å². The van der Waals surface area contributed by atoms with Gasteiger partial charge in [-0.15, -0.1) is 0 Å². The van der Waals surface area contributed by atoms with E-state index in [-0.39, 0.29) is 0 Å². The number of rotatable bonds is 8. The van der Waals surface area contributed by atoms with Gasteiger partial charge in [-0.1, -0.05) is 72.8 Å². The molecule has 9 rings (SSSR count). The van der Waals surface area contributed by atoms with Crippen LogP contribution in [0.1, 0.15) is 11.1 Å². The van der Waals surface area contributed by atoms with E-state index < -0.39 is 0 Å². The average molecular weight is 684 g/mol. The van der Waals surface area contributed by atoms with E-state index in [0.717, 1.165) is 67.8 Å². The predicted octanol–water partition coefficient (Wildman–Crippen LogP) is 12.8. The summed E-state index contributed by atoms with van der Waals surface area (Å²) < 4.78 is 2.42. The summed E-state index contributed by atoms with van der Waals surface area (Å²) in [4.78, 5) is 13.8.